The molecule has 0 radical (unpaired) electrons. The molecule has 172 valence electrons. The van der Waals surface area contributed by atoms with Crippen LogP contribution in [0.3, 0.4) is 0 Å². The molecule has 2 aliphatic carbocycles. The van der Waals surface area contributed by atoms with Gasteiger partial charge in [-0.05, 0) is 65.5 Å². The number of allylic oxidation sites excluding steroid dienone is 2. The van der Waals surface area contributed by atoms with E-state index in [4.69, 9.17) is 0 Å². The third-order valence-electron chi connectivity index (χ3n) is 7.07. The molecule has 2 unspecified atom stereocenters. The molecule has 0 amide bonds. The van der Waals surface area contributed by atoms with Crippen LogP contribution in [0.15, 0.2) is 36.4 Å². The molecule has 32 heavy (non-hydrogen) atoms. The minimum Gasteiger partial charge on any atom is -0.247 e. The molecule has 2 atom stereocenters. The summed E-state index contributed by atoms with van der Waals surface area (Å²) < 4.78 is 71.0. The smallest absolute Gasteiger partial charge is 0.194 e. The highest BCUT2D eigenvalue weighted by molar-refractivity contribution is 5.70. The summed E-state index contributed by atoms with van der Waals surface area (Å²) in [5, 5.41) is 0. The number of alkyl halides is 2. The Morgan fingerprint density at radius 2 is 1.59 bits per heavy atom. The maximum absolute atomic E-state index is 14.9. The van der Waals surface area contributed by atoms with Crippen molar-refractivity contribution < 1.29 is 22.0 Å². The van der Waals surface area contributed by atoms with E-state index in [9.17, 15) is 22.0 Å². The van der Waals surface area contributed by atoms with Crippen LogP contribution in [-0.4, -0.2) is 12.3 Å². The van der Waals surface area contributed by atoms with Crippen LogP contribution in [0.25, 0.3) is 5.57 Å². The molecule has 4 rings (SSSR count). The molecule has 2 aliphatic rings. The van der Waals surface area contributed by atoms with Crippen molar-refractivity contribution in [3.8, 4) is 0 Å². The lowest BCUT2D eigenvalue weighted by molar-refractivity contribution is 0.0822. The molecule has 0 aromatic heterocycles. The summed E-state index contributed by atoms with van der Waals surface area (Å²) in [6, 6.07) is 8.21. The van der Waals surface area contributed by atoms with Crippen molar-refractivity contribution in [2.75, 3.05) is 0 Å². The van der Waals surface area contributed by atoms with Crippen LogP contribution in [-0.2, 0) is 12.8 Å². The number of hydrogen-bond acceptors (Lipinski definition) is 0. The number of benzene rings is 2. The van der Waals surface area contributed by atoms with Gasteiger partial charge in [0.1, 0.15) is 12.3 Å². The SMILES string of the molecule is CCCCCC1CC(F)C(c2ccc(C3=CCc4c(cc(F)c(F)c4F)C3)cc2)C(F)C1. The van der Waals surface area contributed by atoms with Gasteiger partial charge in [0.25, 0.3) is 0 Å². The van der Waals surface area contributed by atoms with E-state index in [-0.39, 0.29) is 24.3 Å². The van der Waals surface area contributed by atoms with Gasteiger partial charge in [0, 0.05) is 5.92 Å². The number of rotatable bonds is 6. The van der Waals surface area contributed by atoms with Crippen molar-refractivity contribution in [2.45, 2.75) is 76.6 Å². The van der Waals surface area contributed by atoms with Crippen LogP contribution in [0.1, 0.15) is 73.6 Å². The summed E-state index contributed by atoms with van der Waals surface area (Å²) in [6.07, 6.45) is 4.80. The van der Waals surface area contributed by atoms with Gasteiger partial charge in [0.2, 0.25) is 0 Å². The van der Waals surface area contributed by atoms with E-state index in [1.54, 1.807) is 18.2 Å². The van der Waals surface area contributed by atoms with Crippen LogP contribution >= 0.6 is 0 Å². The Morgan fingerprint density at radius 1 is 0.906 bits per heavy atom. The normalized spacial score (nSPS) is 25.4. The van der Waals surface area contributed by atoms with E-state index in [1.165, 1.54) is 0 Å². The second kappa shape index (κ2) is 9.76. The van der Waals surface area contributed by atoms with E-state index in [0.29, 0.717) is 24.0 Å². The fraction of sp³-hybridized carbons (Fsp3) is 0.481. The minimum atomic E-state index is -1.44. The molecule has 0 aliphatic heterocycles. The van der Waals surface area contributed by atoms with Crippen molar-refractivity contribution in [1.29, 1.82) is 0 Å². The predicted molar refractivity (Wildman–Crippen MR) is 118 cm³/mol. The van der Waals surface area contributed by atoms with Crippen LogP contribution < -0.4 is 0 Å². The van der Waals surface area contributed by atoms with Gasteiger partial charge in [0.15, 0.2) is 17.5 Å². The highest BCUT2D eigenvalue weighted by atomic mass is 19.2. The molecule has 0 bridgehead atoms. The van der Waals surface area contributed by atoms with Crippen LogP contribution in [0.5, 0.6) is 0 Å². The summed E-state index contributed by atoms with van der Waals surface area (Å²) in [5.74, 6) is -4.39. The molecule has 0 saturated heterocycles. The van der Waals surface area contributed by atoms with Gasteiger partial charge in [-0.1, -0.05) is 62.9 Å². The number of hydrogen-bond donors (Lipinski definition) is 0. The van der Waals surface area contributed by atoms with E-state index in [1.807, 2.05) is 12.1 Å². The van der Waals surface area contributed by atoms with E-state index >= 15 is 0 Å². The van der Waals surface area contributed by atoms with Gasteiger partial charge >= 0.3 is 0 Å². The first-order chi connectivity index (χ1) is 15.4. The predicted octanol–water partition coefficient (Wildman–Crippen LogP) is 8.04. The monoisotopic (exact) mass is 448 g/mol. The first kappa shape index (κ1) is 23.0. The lowest BCUT2D eigenvalue weighted by Crippen LogP contribution is -2.33. The zero-order chi connectivity index (χ0) is 22.8. The summed E-state index contributed by atoms with van der Waals surface area (Å²) in [6.45, 7) is 2.12. The van der Waals surface area contributed by atoms with Crippen molar-refractivity contribution in [3.05, 3.63) is 76.1 Å². The van der Waals surface area contributed by atoms with Gasteiger partial charge in [-0.25, -0.2) is 22.0 Å². The Bertz CT molecular complexity index is 967. The largest absolute Gasteiger partial charge is 0.247 e. The second-order valence-corrected chi connectivity index (χ2v) is 9.25. The van der Waals surface area contributed by atoms with E-state index < -0.39 is 35.7 Å². The molecule has 2 aromatic rings. The average molecular weight is 449 g/mol. The Kier molecular flexibility index (Phi) is 7.02. The molecule has 0 N–H and O–H groups in total. The molecule has 0 nitrogen and oxygen atoms in total. The number of fused-ring (bicyclic) bond motifs is 1. The molecule has 1 fully saturated rings. The molecule has 0 heterocycles. The molecule has 0 spiro atoms. The summed E-state index contributed by atoms with van der Waals surface area (Å²) in [5.41, 5.74) is 2.96. The minimum absolute atomic E-state index is 0.111. The van der Waals surface area contributed by atoms with Crippen LogP contribution in [0.4, 0.5) is 22.0 Å². The lowest BCUT2D eigenvalue weighted by Gasteiger charge is -2.35. The molecule has 1 saturated carbocycles. The summed E-state index contributed by atoms with van der Waals surface area (Å²) in [4.78, 5) is 0. The van der Waals surface area contributed by atoms with Gasteiger partial charge in [-0.15, -0.1) is 0 Å². The third kappa shape index (κ3) is 4.62. The molecule has 2 aromatic carbocycles. The molecular formula is C27H29F5. The average Bonchev–Trinajstić information content (AvgIpc) is 2.77. The van der Waals surface area contributed by atoms with E-state index in [2.05, 4.69) is 6.92 Å². The summed E-state index contributed by atoms with van der Waals surface area (Å²) >= 11 is 0. The Labute approximate surface area is 186 Å². The Morgan fingerprint density at radius 3 is 2.25 bits per heavy atom. The third-order valence-corrected chi connectivity index (χ3v) is 7.07. The lowest BCUT2D eigenvalue weighted by atomic mass is 9.74. The maximum atomic E-state index is 14.9. The zero-order valence-corrected chi connectivity index (χ0v) is 18.3. The van der Waals surface area contributed by atoms with Crippen LogP contribution in [0.2, 0.25) is 0 Å². The maximum Gasteiger partial charge on any atom is 0.194 e. The fourth-order valence-corrected chi connectivity index (χ4v) is 5.29. The zero-order valence-electron chi connectivity index (χ0n) is 18.3. The molecule has 5 heteroatoms. The highest BCUT2D eigenvalue weighted by Gasteiger charge is 2.39. The number of unbranched alkanes of at least 4 members (excludes halogenated alkanes) is 2. The standard InChI is InChI=1S/C27H29F5/c1-2-3-4-5-16-12-22(28)25(23(29)13-16)18-8-6-17(7-9-18)19-10-11-21-20(14-19)15-24(30)27(32)26(21)31/h6-10,15-16,22-23,25H,2-5,11-14H2,1H3. The van der Waals surface area contributed by atoms with Gasteiger partial charge < -0.3 is 0 Å². The number of halogens is 5. The van der Waals surface area contributed by atoms with E-state index in [0.717, 1.165) is 42.9 Å². The molecular weight excluding hydrogens is 419 g/mol. The van der Waals surface area contributed by atoms with Crippen molar-refractivity contribution >= 4 is 5.57 Å². The Hall–Kier alpha value is -2.17. The quantitative estimate of drug-likeness (QED) is 0.238. The van der Waals surface area contributed by atoms with Gasteiger partial charge in [-0.3, -0.25) is 0 Å². The van der Waals surface area contributed by atoms with Crippen LogP contribution in [0, 0.1) is 23.4 Å². The summed E-state index contributed by atoms with van der Waals surface area (Å²) in [7, 11) is 0. The second-order valence-electron chi connectivity index (χ2n) is 9.25. The van der Waals surface area contributed by atoms with Crippen molar-refractivity contribution in [2.24, 2.45) is 5.92 Å². The van der Waals surface area contributed by atoms with Gasteiger partial charge in [0.05, 0.1) is 0 Å². The van der Waals surface area contributed by atoms with Crippen molar-refractivity contribution in [3.63, 3.8) is 0 Å². The van der Waals surface area contributed by atoms with Crippen molar-refractivity contribution in [1.82, 2.24) is 0 Å². The topological polar surface area (TPSA) is 0 Å². The van der Waals surface area contributed by atoms with Gasteiger partial charge in [-0.2, -0.15) is 0 Å². The first-order valence-electron chi connectivity index (χ1n) is 11.6. The Balaban J connectivity index is 1.46. The highest BCUT2D eigenvalue weighted by Crippen LogP contribution is 2.42. The first-order valence-corrected chi connectivity index (χ1v) is 11.6. The fourth-order valence-electron chi connectivity index (χ4n) is 5.29.